The molecule has 1 aromatic carbocycles. The van der Waals surface area contributed by atoms with Crippen LogP contribution in [0.4, 0.5) is 15.3 Å². The first kappa shape index (κ1) is 15.3. The fraction of sp³-hybridized carbons (Fsp3) is 0.250. The first-order valence-electron chi connectivity index (χ1n) is 5.69. The number of primary amides is 1. The van der Waals surface area contributed by atoms with Gasteiger partial charge in [-0.05, 0) is 12.1 Å². The van der Waals surface area contributed by atoms with Crippen molar-refractivity contribution < 1.29 is 24.2 Å². The van der Waals surface area contributed by atoms with Gasteiger partial charge in [0.1, 0.15) is 6.61 Å². The number of para-hydroxylation sites is 1. The quantitative estimate of drug-likeness (QED) is 0.683. The lowest BCUT2D eigenvalue weighted by Gasteiger charge is -2.19. The Morgan fingerprint density at radius 2 is 2.00 bits per heavy atom. The topological polar surface area (TPSA) is 122 Å². The summed E-state index contributed by atoms with van der Waals surface area (Å²) in [7, 11) is 1.44. The number of urea groups is 1. The predicted molar refractivity (Wildman–Crippen MR) is 70.7 cm³/mol. The summed E-state index contributed by atoms with van der Waals surface area (Å²) in [4.78, 5) is 34.4. The molecular formula is C12H15N3O5. The molecule has 0 bridgehead atoms. The van der Waals surface area contributed by atoms with Gasteiger partial charge in [-0.1, -0.05) is 12.1 Å². The molecule has 108 valence electrons. The molecule has 0 atom stereocenters. The van der Waals surface area contributed by atoms with Gasteiger partial charge in [0.2, 0.25) is 0 Å². The van der Waals surface area contributed by atoms with Crippen LogP contribution in [0.1, 0.15) is 10.4 Å². The number of benzene rings is 1. The van der Waals surface area contributed by atoms with Gasteiger partial charge in [0, 0.05) is 7.05 Å². The zero-order valence-electron chi connectivity index (χ0n) is 10.8. The Bertz CT molecular complexity index is 518. The van der Waals surface area contributed by atoms with Crippen LogP contribution in [0.25, 0.3) is 0 Å². The highest BCUT2D eigenvalue weighted by Gasteiger charge is 2.17. The maximum Gasteiger partial charge on any atom is 0.404 e. The average molecular weight is 281 g/mol. The number of rotatable bonds is 5. The number of carbonyl (C=O) groups is 3. The Kier molecular flexibility index (Phi) is 5.33. The third-order valence-electron chi connectivity index (χ3n) is 2.42. The van der Waals surface area contributed by atoms with Crippen molar-refractivity contribution in [1.82, 2.24) is 5.32 Å². The number of aromatic carboxylic acids is 1. The maximum atomic E-state index is 11.8. The first-order chi connectivity index (χ1) is 9.43. The lowest BCUT2D eigenvalue weighted by Crippen LogP contribution is -2.39. The van der Waals surface area contributed by atoms with E-state index in [1.807, 2.05) is 0 Å². The maximum absolute atomic E-state index is 11.8. The number of nitrogens with zero attached hydrogens (tertiary/aromatic N) is 1. The summed E-state index contributed by atoms with van der Waals surface area (Å²) in [5.74, 6) is -1.13. The van der Waals surface area contributed by atoms with E-state index in [0.717, 1.165) is 4.90 Å². The van der Waals surface area contributed by atoms with Gasteiger partial charge in [-0.15, -0.1) is 0 Å². The number of nitrogens with two attached hydrogens (primary N) is 1. The van der Waals surface area contributed by atoms with E-state index in [4.69, 9.17) is 10.8 Å². The van der Waals surface area contributed by atoms with E-state index < -0.39 is 18.1 Å². The van der Waals surface area contributed by atoms with E-state index in [1.165, 1.54) is 19.2 Å². The van der Waals surface area contributed by atoms with E-state index in [-0.39, 0.29) is 24.4 Å². The zero-order chi connectivity index (χ0) is 15.1. The van der Waals surface area contributed by atoms with Crippen LogP contribution < -0.4 is 16.0 Å². The summed E-state index contributed by atoms with van der Waals surface area (Å²) in [6.45, 7) is 0.0108. The van der Waals surface area contributed by atoms with Gasteiger partial charge in [0.25, 0.3) is 0 Å². The minimum absolute atomic E-state index is 0.0125. The Morgan fingerprint density at radius 1 is 1.35 bits per heavy atom. The highest BCUT2D eigenvalue weighted by atomic mass is 16.5. The second-order valence-corrected chi connectivity index (χ2v) is 3.78. The molecule has 0 fully saturated rings. The minimum Gasteiger partial charge on any atom is -0.478 e. The predicted octanol–water partition coefficient (Wildman–Crippen LogP) is 0.626. The Morgan fingerprint density at radius 3 is 2.60 bits per heavy atom. The largest absolute Gasteiger partial charge is 0.478 e. The first-order valence-corrected chi connectivity index (χ1v) is 5.69. The summed E-state index contributed by atoms with van der Waals surface area (Å²) in [6.07, 6.45) is -0.927. The molecule has 0 aliphatic rings. The molecule has 0 heterocycles. The van der Waals surface area contributed by atoms with E-state index in [1.54, 1.807) is 12.1 Å². The second kappa shape index (κ2) is 6.98. The summed E-state index contributed by atoms with van der Waals surface area (Å²) < 4.78 is 4.45. The van der Waals surface area contributed by atoms with Gasteiger partial charge in [0.05, 0.1) is 17.8 Å². The standard InChI is InChI=1S/C12H15N3O5/c1-15(12(19)14-6-7-20-11(13)18)9-5-3-2-4-8(9)10(16)17/h2-5H,6-7H2,1H3,(H2,13,18)(H,14,19)(H,16,17). The summed E-state index contributed by atoms with van der Waals surface area (Å²) in [6, 6.07) is 5.59. The van der Waals surface area contributed by atoms with Crippen LogP contribution in [-0.4, -0.2) is 43.4 Å². The SMILES string of the molecule is CN(C(=O)NCCOC(N)=O)c1ccccc1C(=O)O. The van der Waals surface area contributed by atoms with Gasteiger partial charge >= 0.3 is 18.1 Å². The Balaban J connectivity index is 2.65. The number of carboxylic acid groups (broad SMARTS) is 1. The minimum atomic E-state index is -1.13. The molecule has 8 heteroatoms. The van der Waals surface area contributed by atoms with Crippen LogP contribution in [-0.2, 0) is 4.74 Å². The van der Waals surface area contributed by atoms with Gasteiger partial charge in [-0.25, -0.2) is 14.4 Å². The molecule has 1 aromatic rings. The average Bonchev–Trinajstić information content (AvgIpc) is 2.42. The van der Waals surface area contributed by atoms with Crippen molar-refractivity contribution in [3.8, 4) is 0 Å². The molecule has 20 heavy (non-hydrogen) atoms. The highest BCUT2D eigenvalue weighted by molar-refractivity contribution is 6.01. The van der Waals surface area contributed by atoms with Crippen molar-refractivity contribution in [3.05, 3.63) is 29.8 Å². The molecule has 0 unspecified atom stereocenters. The molecular weight excluding hydrogens is 266 g/mol. The Hall–Kier alpha value is -2.77. The molecule has 4 N–H and O–H groups in total. The fourth-order valence-electron chi connectivity index (χ4n) is 1.48. The van der Waals surface area contributed by atoms with Gasteiger partial charge < -0.3 is 20.9 Å². The highest BCUT2D eigenvalue weighted by Crippen LogP contribution is 2.18. The van der Waals surface area contributed by atoms with Crippen LogP contribution in [0.2, 0.25) is 0 Å². The smallest absolute Gasteiger partial charge is 0.404 e. The molecule has 8 nitrogen and oxygen atoms in total. The van der Waals surface area contributed by atoms with Crippen molar-refractivity contribution in [3.63, 3.8) is 0 Å². The van der Waals surface area contributed by atoms with E-state index in [0.29, 0.717) is 0 Å². The molecule has 0 radical (unpaired) electrons. The number of ether oxygens (including phenoxy) is 1. The van der Waals surface area contributed by atoms with Crippen LogP contribution in [0.5, 0.6) is 0 Å². The molecule has 3 amide bonds. The summed E-state index contributed by atoms with van der Waals surface area (Å²) in [5, 5.41) is 11.5. The summed E-state index contributed by atoms with van der Waals surface area (Å²) >= 11 is 0. The molecule has 0 saturated heterocycles. The van der Waals surface area contributed by atoms with E-state index in [2.05, 4.69) is 10.1 Å². The van der Waals surface area contributed by atoms with Crippen LogP contribution in [0, 0.1) is 0 Å². The molecule has 0 spiro atoms. The van der Waals surface area contributed by atoms with Crippen molar-refractivity contribution in [1.29, 1.82) is 0 Å². The van der Waals surface area contributed by atoms with Gasteiger partial charge in [0.15, 0.2) is 0 Å². The second-order valence-electron chi connectivity index (χ2n) is 3.78. The molecule has 0 aliphatic carbocycles. The third-order valence-corrected chi connectivity index (χ3v) is 2.42. The molecule has 0 aliphatic heterocycles. The van der Waals surface area contributed by atoms with Crippen LogP contribution in [0.3, 0.4) is 0 Å². The van der Waals surface area contributed by atoms with Crippen LogP contribution in [0.15, 0.2) is 24.3 Å². The monoisotopic (exact) mass is 281 g/mol. The summed E-state index contributed by atoms with van der Waals surface area (Å²) in [5.41, 5.74) is 5.03. The lowest BCUT2D eigenvalue weighted by molar-refractivity contribution is 0.0697. The van der Waals surface area contributed by atoms with Crippen molar-refractivity contribution >= 4 is 23.8 Å². The zero-order valence-corrected chi connectivity index (χ0v) is 10.8. The fourth-order valence-corrected chi connectivity index (χ4v) is 1.48. The molecule has 0 aromatic heterocycles. The Labute approximate surface area is 115 Å². The van der Waals surface area contributed by atoms with Crippen molar-refractivity contribution in [2.75, 3.05) is 25.1 Å². The third kappa shape index (κ3) is 4.16. The number of hydrogen-bond donors (Lipinski definition) is 3. The van der Waals surface area contributed by atoms with E-state index >= 15 is 0 Å². The van der Waals surface area contributed by atoms with Crippen molar-refractivity contribution in [2.45, 2.75) is 0 Å². The van der Waals surface area contributed by atoms with Crippen molar-refractivity contribution in [2.24, 2.45) is 5.73 Å². The molecule has 1 rings (SSSR count). The number of nitrogens with one attached hydrogen (secondary N) is 1. The molecule has 0 saturated carbocycles. The van der Waals surface area contributed by atoms with Gasteiger partial charge in [-0.3, -0.25) is 4.90 Å². The van der Waals surface area contributed by atoms with Crippen LogP contribution >= 0.6 is 0 Å². The number of hydrogen-bond acceptors (Lipinski definition) is 4. The normalized spacial score (nSPS) is 9.65. The number of carbonyl (C=O) groups excluding carboxylic acids is 2. The number of anilines is 1. The number of carboxylic acids is 1. The lowest BCUT2D eigenvalue weighted by atomic mass is 10.1. The number of amides is 3. The van der Waals surface area contributed by atoms with Gasteiger partial charge in [-0.2, -0.15) is 0 Å². The van der Waals surface area contributed by atoms with E-state index in [9.17, 15) is 14.4 Å².